The van der Waals surface area contributed by atoms with Crippen LogP contribution in [0.1, 0.15) is 10.5 Å². The summed E-state index contributed by atoms with van der Waals surface area (Å²) in [6, 6.07) is 6.17. The molecule has 1 aromatic carbocycles. The summed E-state index contributed by atoms with van der Waals surface area (Å²) in [6.07, 6.45) is 0. The summed E-state index contributed by atoms with van der Waals surface area (Å²) in [4.78, 5) is 28.7. The number of hydrogen-bond acceptors (Lipinski definition) is 5. The van der Waals surface area contributed by atoms with Gasteiger partial charge in [-0.25, -0.2) is 4.39 Å². The van der Waals surface area contributed by atoms with E-state index in [0.717, 1.165) is 0 Å². The molecule has 1 atom stereocenters. The van der Waals surface area contributed by atoms with E-state index in [-0.39, 0.29) is 62.5 Å². The van der Waals surface area contributed by atoms with Crippen molar-refractivity contribution in [3.63, 3.8) is 0 Å². The van der Waals surface area contributed by atoms with E-state index in [2.05, 4.69) is 10.3 Å². The van der Waals surface area contributed by atoms with E-state index in [1.165, 1.54) is 18.1 Å². The van der Waals surface area contributed by atoms with Gasteiger partial charge < -0.3 is 29.8 Å². The number of halogens is 1. The number of nitrogens with zero attached hydrogens (tertiary/aromatic N) is 1. The highest BCUT2D eigenvalue weighted by atomic mass is 19.1. The van der Waals surface area contributed by atoms with E-state index in [0.29, 0.717) is 5.39 Å². The number of β-amino-alcohol motifs (C(OH)–C–C–N with tert-alkyl or cyclic N) is 1. The summed E-state index contributed by atoms with van der Waals surface area (Å²) < 4.78 is 24.0. The molecule has 1 aliphatic heterocycles. The largest absolute Gasteiger partial charge is 0.384 e. The van der Waals surface area contributed by atoms with Crippen molar-refractivity contribution in [1.82, 2.24) is 15.2 Å². The number of H-pyrrole nitrogens is 1. The van der Waals surface area contributed by atoms with E-state index >= 15 is 0 Å². The summed E-state index contributed by atoms with van der Waals surface area (Å²) in [5, 5.41) is 13.9. The van der Waals surface area contributed by atoms with Gasteiger partial charge in [-0.3, -0.25) is 9.59 Å². The van der Waals surface area contributed by atoms with Gasteiger partial charge in [-0.15, -0.1) is 0 Å². The van der Waals surface area contributed by atoms with Crippen LogP contribution in [-0.2, 0) is 14.3 Å². The number of hydrogen-bond donors (Lipinski definition) is 3. The van der Waals surface area contributed by atoms with Crippen molar-refractivity contribution in [2.24, 2.45) is 0 Å². The van der Waals surface area contributed by atoms with E-state index in [9.17, 15) is 19.1 Å². The zero-order chi connectivity index (χ0) is 19.4. The number of carbonyl (C=O) groups is 2. The lowest BCUT2D eigenvalue weighted by molar-refractivity contribution is -0.126. The Balaban J connectivity index is 1.74. The predicted octanol–water partition coefficient (Wildman–Crippen LogP) is 0.273. The fourth-order valence-electron chi connectivity index (χ4n) is 3.05. The highest BCUT2D eigenvalue weighted by molar-refractivity contribution is 5.98. The zero-order valence-corrected chi connectivity index (χ0v) is 15.0. The molecule has 2 amide bonds. The van der Waals surface area contributed by atoms with Crippen LogP contribution in [0, 0.1) is 5.82 Å². The van der Waals surface area contributed by atoms with E-state index in [4.69, 9.17) is 9.47 Å². The number of aromatic amines is 1. The standard InChI is InChI=1S/C18H22FN3O5/c1-26-8-15(23)20-9-18(25)10-22(5-6-27-11-18)17(24)14-7-12-3-2-4-13(19)16(12)21-14/h2-4,7,21,25H,5-6,8-11H2,1H3,(H,20,23)/t18-/m0/s1. The van der Waals surface area contributed by atoms with Gasteiger partial charge in [-0.2, -0.15) is 0 Å². The number of fused-ring (bicyclic) bond motifs is 1. The SMILES string of the molecule is COCC(=O)NC[C@@]1(O)COCCN(C(=O)c2cc3cccc(F)c3[nH]2)C1. The van der Waals surface area contributed by atoms with Crippen LogP contribution in [0.3, 0.4) is 0 Å². The second kappa shape index (κ2) is 8.03. The molecule has 0 aliphatic carbocycles. The molecule has 2 aromatic rings. The fourth-order valence-corrected chi connectivity index (χ4v) is 3.05. The van der Waals surface area contributed by atoms with Crippen molar-refractivity contribution in [3.05, 3.63) is 35.8 Å². The van der Waals surface area contributed by atoms with Crippen LogP contribution in [0.25, 0.3) is 10.9 Å². The number of carbonyl (C=O) groups excluding carboxylic acids is 2. The first kappa shape index (κ1) is 19.3. The smallest absolute Gasteiger partial charge is 0.270 e. The Morgan fingerprint density at radius 2 is 2.30 bits per heavy atom. The van der Waals surface area contributed by atoms with Crippen molar-refractivity contribution >= 4 is 22.7 Å². The quantitative estimate of drug-likeness (QED) is 0.692. The van der Waals surface area contributed by atoms with Gasteiger partial charge in [0.15, 0.2) is 0 Å². The number of aliphatic hydroxyl groups is 1. The summed E-state index contributed by atoms with van der Waals surface area (Å²) in [7, 11) is 1.40. The Hall–Kier alpha value is -2.49. The van der Waals surface area contributed by atoms with Gasteiger partial charge in [-0.05, 0) is 12.1 Å². The monoisotopic (exact) mass is 379 g/mol. The minimum Gasteiger partial charge on any atom is -0.384 e. The molecule has 0 spiro atoms. The molecule has 1 aromatic heterocycles. The summed E-state index contributed by atoms with van der Waals surface area (Å²) in [6.45, 7) is 0.252. The molecule has 2 heterocycles. The molecule has 0 radical (unpaired) electrons. The topological polar surface area (TPSA) is 104 Å². The van der Waals surface area contributed by atoms with Crippen LogP contribution < -0.4 is 5.32 Å². The van der Waals surface area contributed by atoms with Gasteiger partial charge in [0.05, 0.1) is 31.8 Å². The number of methoxy groups -OCH3 is 1. The van der Waals surface area contributed by atoms with Gasteiger partial charge in [0, 0.05) is 19.0 Å². The zero-order valence-electron chi connectivity index (χ0n) is 15.0. The molecule has 3 rings (SSSR count). The number of rotatable bonds is 5. The van der Waals surface area contributed by atoms with Crippen molar-refractivity contribution in [2.75, 3.05) is 46.6 Å². The second-order valence-corrected chi connectivity index (χ2v) is 6.60. The highest BCUT2D eigenvalue weighted by Crippen LogP contribution is 2.21. The van der Waals surface area contributed by atoms with Gasteiger partial charge in [0.2, 0.25) is 5.91 Å². The summed E-state index contributed by atoms with van der Waals surface area (Å²) >= 11 is 0. The fraction of sp³-hybridized carbons (Fsp3) is 0.444. The number of benzene rings is 1. The average Bonchev–Trinajstić information content (AvgIpc) is 2.98. The molecule has 8 nitrogen and oxygen atoms in total. The Morgan fingerprint density at radius 1 is 1.48 bits per heavy atom. The van der Waals surface area contributed by atoms with Crippen molar-refractivity contribution in [3.8, 4) is 0 Å². The molecule has 1 fully saturated rings. The molecule has 27 heavy (non-hydrogen) atoms. The molecular weight excluding hydrogens is 357 g/mol. The van der Waals surface area contributed by atoms with Gasteiger partial charge in [0.25, 0.3) is 5.91 Å². The maximum Gasteiger partial charge on any atom is 0.270 e. The Kier molecular flexibility index (Phi) is 5.73. The van der Waals surface area contributed by atoms with Gasteiger partial charge in [-0.1, -0.05) is 12.1 Å². The highest BCUT2D eigenvalue weighted by Gasteiger charge is 2.35. The predicted molar refractivity (Wildman–Crippen MR) is 94.8 cm³/mol. The summed E-state index contributed by atoms with van der Waals surface area (Å²) in [5.41, 5.74) is -0.955. The molecule has 0 saturated carbocycles. The van der Waals surface area contributed by atoms with E-state index < -0.39 is 11.4 Å². The maximum atomic E-state index is 13.9. The van der Waals surface area contributed by atoms with Gasteiger partial charge in [0.1, 0.15) is 23.7 Å². The van der Waals surface area contributed by atoms with Crippen LogP contribution in [0.4, 0.5) is 4.39 Å². The Morgan fingerprint density at radius 3 is 3.04 bits per heavy atom. The lowest BCUT2D eigenvalue weighted by Gasteiger charge is -2.30. The first-order valence-electron chi connectivity index (χ1n) is 8.54. The third kappa shape index (κ3) is 4.44. The third-order valence-electron chi connectivity index (χ3n) is 4.37. The molecule has 9 heteroatoms. The van der Waals surface area contributed by atoms with Crippen molar-refractivity contribution in [2.45, 2.75) is 5.60 Å². The minimum absolute atomic E-state index is 0.0224. The average molecular weight is 379 g/mol. The molecular formula is C18H22FN3O5. The molecule has 0 bridgehead atoms. The number of para-hydroxylation sites is 1. The Bertz CT molecular complexity index is 840. The van der Waals surface area contributed by atoms with Crippen molar-refractivity contribution in [1.29, 1.82) is 0 Å². The molecule has 3 N–H and O–H groups in total. The van der Waals surface area contributed by atoms with Crippen LogP contribution in [0.15, 0.2) is 24.3 Å². The van der Waals surface area contributed by atoms with Crippen LogP contribution >= 0.6 is 0 Å². The third-order valence-corrected chi connectivity index (χ3v) is 4.37. The minimum atomic E-state index is -1.44. The molecule has 1 aliphatic rings. The maximum absolute atomic E-state index is 13.9. The van der Waals surface area contributed by atoms with E-state index in [1.54, 1.807) is 18.2 Å². The van der Waals surface area contributed by atoms with Crippen LogP contribution in [0.5, 0.6) is 0 Å². The molecule has 1 saturated heterocycles. The first-order chi connectivity index (χ1) is 12.9. The number of aromatic nitrogens is 1. The normalized spacial score (nSPS) is 20.5. The number of nitrogens with one attached hydrogen (secondary N) is 2. The Labute approximate surface area is 155 Å². The number of amides is 2. The first-order valence-corrected chi connectivity index (χ1v) is 8.54. The lowest BCUT2D eigenvalue weighted by Crippen LogP contribution is -2.53. The lowest BCUT2D eigenvalue weighted by atomic mass is 10.0. The molecule has 0 unspecified atom stereocenters. The summed E-state index contributed by atoms with van der Waals surface area (Å²) in [5.74, 6) is -1.19. The van der Waals surface area contributed by atoms with Crippen LogP contribution in [0.2, 0.25) is 0 Å². The molecule has 146 valence electrons. The second-order valence-electron chi connectivity index (χ2n) is 6.60. The van der Waals surface area contributed by atoms with Crippen molar-refractivity contribution < 1.29 is 28.6 Å². The van der Waals surface area contributed by atoms with Gasteiger partial charge >= 0.3 is 0 Å². The number of ether oxygens (including phenoxy) is 2. The van der Waals surface area contributed by atoms with Crippen LogP contribution in [-0.4, -0.2) is 79.0 Å². The van der Waals surface area contributed by atoms with E-state index in [1.807, 2.05) is 0 Å².